The van der Waals surface area contributed by atoms with Crippen LogP contribution >= 0.6 is 11.6 Å². The normalized spacial score (nSPS) is 11.1. The van der Waals surface area contributed by atoms with Crippen LogP contribution in [-0.4, -0.2) is 21.9 Å². The predicted octanol–water partition coefficient (Wildman–Crippen LogP) is 4.34. The summed E-state index contributed by atoms with van der Waals surface area (Å²) in [5.74, 6) is 0.477. The second-order valence-corrected chi connectivity index (χ2v) is 7.21. The van der Waals surface area contributed by atoms with Gasteiger partial charge in [-0.25, -0.2) is 5.43 Å². The second kappa shape index (κ2) is 8.92. The van der Waals surface area contributed by atoms with Crippen molar-refractivity contribution in [2.75, 3.05) is 0 Å². The van der Waals surface area contributed by atoms with E-state index in [2.05, 4.69) is 15.6 Å². The molecule has 0 fully saturated rings. The molecule has 0 saturated heterocycles. The SMILES string of the molecule is Cc1cc(OCc2ccc(C(=O)N/N=C/c3c(C)nn(C)c3C)cc2)ccc1Cl. The molecule has 150 valence electrons. The molecule has 2 aromatic carbocycles. The Morgan fingerprint density at radius 3 is 2.55 bits per heavy atom. The van der Waals surface area contributed by atoms with E-state index in [0.29, 0.717) is 17.2 Å². The molecule has 0 aliphatic carbocycles. The number of nitrogens with zero attached hydrogens (tertiary/aromatic N) is 3. The lowest BCUT2D eigenvalue weighted by Gasteiger charge is -2.08. The highest BCUT2D eigenvalue weighted by Gasteiger charge is 2.08. The molecule has 6 nitrogen and oxygen atoms in total. The number of halogens is 1. The lowest BCUT2D eigenvalue weighted by Crippen LogP contribution is -2.17. The van der Waals surface area contributed by atoms with Gasteiger partial charge in [0.1, 0.15) is 12.4 Å². The van der Waals surface area contributed by atoms with Gasteiger partial charge in [0, 0.05) is 28.9 Å². The Kier molecular flexibility index (Phi) is 6.34. The number of carbonyl (C=O) groups is 1. The second-order valence-electron chi connectivity index (χ2n) is 6.80. The Morgan fingerprint density at radius 1 is 1.21 bits per heavy atom. The molecule has 0 aliphatic rings. The third-order valence-electron chi connectivity index (χ3n) is 4.68. The van der Waals surface area contributed by atoms with Crippen molar-refractivity contribution in [3.8, 4) is 5.75 Å². The van der Waals surface area contributed by atoms with Crippen LogP contribution in [0.2, 0.25) is 5.02 Å². The van der Waals surface area contributed by atoms with Gasteiger partial charge in [-0.15, -0.1) is 0 Å². The number of hydrogen-bond acceptors (Lipinski definition) is 4. The molecule has 3 aromatic rings. The standard InChI is InChI=1S/C22H23ClN4O2/c1-14-11-19(9-10-21(14)23)29-13-17-5-7-18(8-6-17)22(28)25-24-12-20-15(2)26-27(4)16(20)3/h5-12H,13H2,1-4H3,(H,25,28)/b24-12+. The average molecular weight is 411 g/mol. The maximum absolute atomic E-state index is 12.3. The first-order chi connectivity index (χ1) is 13.8. The molecule has 1 aromatic heterocycles. The number of nitrogens with one attached hydrogen (secondary N) is 1. The molecule has 0 aliphatic heterocycles. The Balaban J connectivity index is 1.57. The molecule has 0 radical (unpaired) electrons. The van der Waals surface area contributed by atoms with Crippen LogP contribution in [0.4, 0.5) is 0 Å². The number of carbonyl (C=O) groups excluding carboxylic acids is 1. The molecule has 0 unspecified atom stereocenters. The molecule has 3 rings (SSSR count). The van der Waals surface area contributed by atoms with Crippen LogP contribution in [0.5, 0.6) is 5.75 Å². The summed E-state index contributed by atoms with van der Waals surface area (Å²) in [4.78, 5) is 12.3. The molecule has 29 heavy (non-hydrogen) atoms. The first-order valence-corrected chi connectivity index (χ1v) is 9.54. The molecule has 1 N–H and O–H groups in total. The Bertz CT molecular complexity index is 1060. The lowest BCUT2D eigenvalue weighted by atomic mass is 10.1. The summed E-state index contributed by atoms with van der Waals surface area (Å²) in [6, 6.07) is 12.8. The van der Waals surface area contributed by atoms with Gasteiger partial charge < -0.3 is 4.74 Å². The monoisotopic (exact) mass is 410 g/mol. The van der Waals surface area contributed by atoms with E-state index >= 15 is 0 Å². The van der Waals surface area contributed by atoms with E-state index in [1.54, 1.807) is 23.0 Å². The Labute approximate surface area is 175 Å². The van der Waals surface area contributed by atoms with Crippen LogP contribution in [0.3, 0.4) is 0 Å². The first-order valence-electron chi connectivity index (χ1n) is 9.16. The molecule has 1 heterocycles. The number of aromatic nitrogens is 2. The van der Waals surface area contributed by atoms with Crippen LogP contribution in [0.15, 0.2) is 47.6 Å². The van der Waals surface area contributed by atoms with Gasteiger partial charge in [-0.3, -0.25) is 9.48 Å². The fourth-order valence-electron chi connectivity index (χ4n) is 2.82. The van der Waals surface area contributed by atoms with Crippen molar-refractivity contribution < 1.29 is 9.53 Å². The number of benzene rings is 2. The molecule has 0 spiro atoms. The van der Waals surface area contributed by atoms with E-state index in [4.69, 9.17) is 16.3 Å². The maximum atomic E-state index is 12.3. The van der Waals surface area contributed by atoms with Gasteiger partial charge in [0.2, 0.25) is 0 Å². The van der Waals surface area contributed by atoms with Gasteiger partial charge in [-0.2, -0.15) is 10.2 Å². The predicted molar refractivity (Wildman–Crippen MR) is 115 cm³/mol. The van der Waals surface area contributed by atoms with Crippen molar-refractivity contribution in [3.05, 3.63) is 81.1 Å². The zero-order chi connectivity index (χ0) is 21.0. The highest BCUT2D eigenvalue weighted by Crippen LogP contribution is 2.22. The summed E-state index contributed by atoms with van der Waals surface area (Å²) in [7, 11) is 1.87. The smallest absolute Gasteiger partial charge is 0.271 e. The number of rotatable bonds is 6. The van der Waals surface area contributed by atoms with Gasteiger partial charge in [0.15, 0.2) is 0 Å². The third-order valence-corrected chi connectivity index (χ3v) is 5.10. The van der Waals surface area contributed by atoms with Gasteiger partial charge in [0.25, 0.3) is 5.91 Å². The number of ether oxygens (including phenoxy) is 1. The fourth-order valence-corrected chi connectivity index (χ4v) is 2.94. The minimum Gasteiger partial charge on any atom is -0.489 e. The highest BCUT2D eigenvalue weighted by molar-refractivity contribution is 6.31. The minimum absolute atomic E-state index is 0.277. The molecule has 0 atom stereocenters. The lowest BCUT2D eigenvalue weighted by molar-refractivity contribution is 0.0955. The van der Waals surface area contributed by atoms with Crippen molar-refractivity contribution in [1.82, 2.24) is 15.2 Å². The van der Waals surface area contributed by atoms with E-state index in [1.165, 1.54) is 0 Å². The maximum Gasteiger partial charge on any atom is 0.271 e. The van der Waals surface area contributed by atoms with Crippen molar-refractivity contribution >= 4 is 23.7 Å². The average Bonchev–Trinajstić information content (AvgIpc) is 2.95. The Morgan fingerprint density at radius 2 is 1.93 bits per heavy atom. The van der Waals surface area contributed by atoms with E-state index in [1.807, 2.05) is 58.2 Å². The van der Waals surface area contributed by atoms with E-state index in [0.717, 1.165) is 33.8 Å². The molecular weight excluding hydrogens is 388 g/mol. The number of hydrogen-bond donors (Lipinski definition) is 1. The summed E-state index contributed by atoms with van der Waals surface area (Å²) in [5, 5.41) is 9.08. The fraction of sp³-hybridized carbons (Fsp3) is 0.227. The van der Waals surface area contributed by atoms with Gasteiger partial charge in [-0.1, -0.05) is 23.7 Å². The van der Waals surface area contributed by atoms with Crippen molar-refractivity contribution in [2.45, 2.75) is 27.4 Å². The van der Waals surface area contributed by atoms with Crippen molar-refractivity contribution in [1.29, 1.82) is 0 Å². The number of aryl methyl sites for hydroxylation is 3. The minimum atomic E-state index is -0.277. The van der Waals surface area contributed by atoms with Crippen LogP contribution in [0, 0.1) is 20.8 Å². The number of hydrazone groups is 1. The molecule has 1 amide bonds. The molecular formula is C22H23ClN4O2. The quantitative estimate of drug-likeness (QED) is 0.485. The topological polar surface area (TPSA) is 68.5 Å². The summed E-state index contributed by atoms with van der Waals surface area (Å²) in [6.45, 7) is 6.19. The van der Waals surface area contributed by atoms with Crippen molar-refractivity contribution in [3.63, 3.8) is 0 Å². The highest BCUT2D eigenvalue weighted by atomic mass is 35.5. The van der Waals surface area contributed by atoms with Gasteiger partial charge in [0.05, 0.1) is 11.9 Å². The molecule has 7 heteroatoms. The van der Waals surface area contributed by atoms with E-state index < -0.39 is 0 Å². The van der Waals surface area contributed by atoms with Gasteiger partial charge >= 0.3 is 0 Å². The molecule has 0 saturated carbocycles. The van der Waals surface area contributed by atoms with Crippen LogP contribution in [0.1, 0.15) is 38.4 Å². The summed E-state index contributed by atoms with van der Waals surface area (Å²) < 4.78 is 7.56. The summed E-state index contributed by atoms with van der Waals surface area (Å²) in [5.41, 5.74) is 7.75. The zero-order valence-corrected chi connectivity index (χ0v) is 17.6. The Hall–Kier alpha value is -3.12. The van der Waals surface area contributed by atoms with Gasteiger partial charge in [-0.05, 0) is 62.2 Å². The number of amides is 1. The molecule has 0 bridgehead atoms. The van der Waals surface area contributed by atoms with Crippen LogP contribution < -0.4 is 10.2 Å². The van der Waals surface area contributed by atoms with Crippen LogP contribution in [0.25, 0.3) is 0 Å². The largest absolute Gasteiger partial charge is 0.489 e. The van der Waals surface area contributed by atoms with Crippen LogP contribution in [-0.2, 0) is 13.7 Å². The summed E-state index contributed by atoms with van der Waals surface area (Å²) >= 11 is 6.02. The zero-order valence-electron chi connectivity index (χ0n) is 16.9. The van der Waals surface area contributed by atoms with E-state index in [9.17, 15) is 4.79 Å². The van der Waals surface area contributed by atoms with Crippen molar-refractivity contribution in [2.24, 2.45) is 12.1 Å². The van der Waals surface area contributed by atoms with E-state index in [-0.39, 0.29) is 5.91 Å². The first kappa shape index (κ1) is 20.6. The third kappa shape index (κ3) is 5.03. The summed E-state index contributed by atoms with van der Waals surface area (Å²) in [6.07, 6.45) is 1.62.